The van der Waals surface area contributed by atoms with Crippen LogP contribution < -0.4 is 9.47 Å². The summed E-state index contributed by atoms with van der Waals surface area (Å²) in [4.78, 5) is 32.6. The van der Waals surface area contributed by atoms with Crippen molar-refractivity contribution >= 4 is 22.8 Å². The number of esters is 1. The van der Waals surface area contributed by atoms with E-state index in [-0.39, 0.29) is 19.2 Å². The Kier molecular flexibility index (Phi) is 3.74. The van der Waals surface area contributed by atoms with Crippen LogP contribution in [0, 0.1) is 0 Å². The molecule has 0 bridgehead atoms. The second-order valence-corrected chi connectivity index (χ2v) is 5.33. The van der Waals surface area contributed by atoms with Gasteiger partial charge < -0.3 is 14.2 Å². The summed E-state index contributed by atoms with van der Waals surface area (Å²) < 4.78 is 15.5. The lowest BCUT2D eigenvalue weighted by molar-refractivity contribution is 0.0475. The molecular weight excluding hydrogens is 324 g/mol. The molecule has 0 aliphatic carbocycles. The molecule has 7 heteroatoms. The van der Waals surface area contributed by atoms with E-state index >= 15 is 0 Å². The van der Waals surface area contributed by atoms with Gasteiger partial charge in [0, 0.05) is 18.0 Å². The van der Waals surface area contributed by atoms with Crippen LogP contribution in [0.3, 0.4) is 0 Å². The number of carbonyl (C=O) groups is 2. The van der Waals surface area contributed by atoms with Crippen molar-refractivity contribution in [2.24, 2.45) is 0 Å². The fourth-order valence-corrected chi connectivity index (χ4v) is 2.46. The van der Waals surface area contributed by atoms with Crippen LogP contribution in [0.1, 0.15) is 20.7 Å². The molecule has 1 aromatic heterocycles. The Morgan fingerprint density at radius 3 is 2.56 bits per heavy atom. The fraction of sp³-hybridized carbons (Fsp3) is 0.111. The summed E-state index contributed by atoms with van der Waals surface area (Å²) in [5.74, 6) is 0.171. The molecule has 2 aromatic carbocycles. The summed E-state index contributed by atoms with van der Waals surface area (Å²) in [6.07, 6.45) is 3.12. The number of ether oxygens (including phenoxy) is 3. The third-order valence-electron chi connectivity index (χ3n) is 3.73. The Balaban J connectivity index is 1.44. The van der Waals surface area contributed by atoms with Crippen molar-refractivity contribution in [3.8, 4) is 11.5 Å². The molecule has 4 rings (SSSR count). The van der Waals surface area contributed by atoms with E-state index in [4.69, 9.17) is 14.2 Å². The van der Waals surface area contributed by atoms with Gasteiger partial charge in [-0.15, -0.1) is 0 Å². The molecule has 25 heavy (non-hydrogen) atoms. The van der Waals surface area contributed by atoms with Crippen molar-refractivity contribution in [1.29, 1.82) is 0 Å². The zero-order valence-corrected chi connectivity index (χ0v) is 13.0. The summed E-state index contributed by atoms with van der Waals surface area (Å²) >= 11 is 0. The van der Waals surface area contributed by atoms with E-state index in [1.165, 1.54) is 0 Å². The molecule has 0 unspecified atom stereocenters. The molecule has 0 radical (unpaired) electrons. The predicted molar refractivity (Wildman–Crippen MR) is 86.7 cm³/mol. The number of benzene rings is 2. The van der Waals surface area contributed by atoms with Crippen molar-refractivity contribution in [3.63, 3.8) is 0 Å². The first-order chi connectivity index (χ1) is 12.2. The molecule has 0 spiro atoms. The molecular formula is C18H12N2O5. The van der Waals surface area contributed by atoms with Crippen LogP contribution in [0.25, 0.3) is 11.0 Å². The topological polar surface area (TPSA) is 87.6 Å². The van der Waals surface area contributed by atoms with Crippen LogP contribution >= 0.6 is 0 Å². The number of aromatic nitrogens is 2. The lowest BCUT2D eigenvalue weighted by Crippen LogP contribution is -2.14. The van der Waals surface area contributed by atoms with Crippen LogP contribution in [0.5, 0.6) is 11.5 Å². The first-order valence-corrected chi connectivity index (χ1v) is 7.51. The molecule has 124 valence electrons. The standard InChI is InChI=1S/C18H12N2O5/c21-15(11-2-4-16-17(8-11)25-10-24-16)9-23-18(22)12-1-3-13-14(7-12)20-6-5-19-13/h1-8H,9-10H2. The van der Waals surface area contributed by atoms with Gasteiger partial charge in [-0.05, 0) is 36.4 Å². The lowest BCUT2D eigenvalue weighted by atomic mass is 10.1. The quantitative estimate of drug-likeness (QED) is 0.534. The van der Waals surface area contributed by atoms with Gasteiger partial charge >= 0.3 is 5.97 Å². The Morgan fingerprint density at radius 1 is 0.920 bits per heavy atom. The molecule has 0 amide bonds. The van der Waals surface area contributed by atoms with E-state index in [1.807, 2.05) is 0 Å². The molecule has 3 aromatic rings. The van der Waals surface area contributed by atoms with E-state index in [1.54, 1.807) is 48.8 Å². The summed E-state index contributed by atoms with van der Waals surface area (Å²) in [6.45, 7) is -0.232. The van der Waals surface area contributed by atoms with Gasteiger partial charge in [-0.25, -0.2) is 4.79 Å². The maximum Gasteiger partial charge on any atom is 0.338 e. The summed E-state index contributed by atoms with van der Waals surface area (Å²) in [5.41, 5.74) is 1.96. The van der Waals surface area contributed by atoms with E-state index < -0.39 is 5.97 Å². The molecule has 1 aliphatic heterocycles. The summed E-state index contributed by atoms with van der Waals surface area (Å²) in [7, 11) is 0. The number of rotatable bonds is 4. The molecule has 0 saturated carbocycles. The van der Waals surface area contributed by atoms with E-state index in [0.29, 0.717) is 33.7 Å². The first kappa shape index (κ1) is 15.1. The van der Waals surface area contributed by atoms with Crippen LogP contribution in [0.2, 0.25) is 0 Å². The van der Waals surface area contributed by atoms with Gasteiger partial charge in [-0.1, -0.05) is 0 Å². The smallest absolute Gasteiger partial charge is 0.338 e. The van der Waals surface area contributed by atoms with Crippen molar-refractivity contribution in [2.45, 2.75) is 0 Å². The number of hydrogen-bond acceptors (Lipinski definition) is 7. The lowest BCUT2D eigenvalue weighted by Gasteiger charge is -2.06. The highest BCUT2D eigenvalue weighted by molar-refractivity contribution is 6.00. The van der Waals surface area contributed by atoms with Crippen LogP contribution in [0.15, 0.2) is 48.8 Å². The maximum absolute atomic E-state index is 12.2. The summed E-state index contributed by atoms with van der Waals surface area (Å²) in [5, 5.41) is 0. The Bertz CT molecular complexity index is 986. The minimum Gasteiger partial charge on any atom is -0.454 e. The number of Topliss-reactive ketones (excluding diaryl/α,β-unsaturated/α-hetero) is 1. The van der Waals surface area contributed by atoms with E-state index in [2.05, 4.69) is 9.97 Å². The molecule has 7 nitrogen and oxygen atoms in total. The third-order valence-corrected chi connectivity index (χ3v) is 3.73. The molecule has 0 atom stereocenters. The minimum absolute atomic E-state index is 0.132. The maximum atomic E-state index is 12.2. The number of hydrogen-bond donors (Lipinski definition) is 0. The number of ketones is 1. The number of nitrogens with zero attached hydrogens (tertiary/aromatic N) is 2. The molecule has 1 aliphatic rings. The van der Waals surface area contributed by atoms with Crippen molar-refractivity contribution in [1.82, 2.24) is 9.97 Å². The van der Waals surface area contributed by atoms with Gasteiger partial charge in [-0.3, -0.25) is 14.8 Å². The van der Waals surface area contributed by atoms with Crippen LogP contribution in [-0.2, 0) is 4.74 Å². The number of carbonyl (C=O) groups excluding carboxylic acids is 2. The van der Waals surface area contributed by atoms with Crippen LogP contribution in [-0.4, -0.2) is 35.1 Å². The highest BCUT2D eigenvalue weighted by atomic mass is 16.7. The first-order valence-electron chi connectivity index (χ1n) is 7.51. The van der Waals surface area contributed by atoms with Gasteiger partial charge in [-0.2, -0.15) is 0 Å². The zero-order valence-electron chi connectivity index (χ0n) is 13.0. The van der Waals surface area contributed by atoms with E-state index in [9.17, 15) is 9.59 Å². The van der Waals surface area contributed by atoms with Crippen LogP contribution in [0.4, 0.5) is 0 Å². The zero-order chi connectivity index (χ0) is 17.2. The largest absolute Gasteiger partial charge is 0.454 e. The highest BCUT2D eigenvalue weighted by Crippen LogP contribution is 2.32. The van der Waals surface area contributed by atoms with Gasteiger partial charge in [0.2, 0.25) is 6.79 Å². The number of fused-ring (bicyclic) bond motifs is 2. The van der Waals surface area contributed by atoms with Crippen molar-refractivity contribution in [3.05, 3.63) is 59.9 Å². The summed E-state index contributed by atoms with van der Waals surface area (Å²) in [6, 6.07) is 9.68. The van der Waals surface area contributed by atoms with Crippen molar-refractivity contribution < 1.29 is 23.8 Å². The van der Waals surface area contributed by atoms with E-state index in [0.717, 1.165) is 0 Å². The Labute approximate surface area is 142 Å². The molecule has 0 fully saturated rings. The van der Waals surface area contributed by atoms with Crippen molar-refractivity contribution in [2.75, 3.05) is 13.4 Å². The Morgan fingerprint density at radius 2 is 1.68 bits per heavy atom. The second-order valence-electron chi connectivity index (χ2n) is 5.33. The minimum atomic E-state index is -0.596. The monoisotopic (exact) mass is 336 g/mol. The molecule has 0 N–H and O–H groups in total. The Hall–Kier alpha value is -3.48. The average Bonchev–Trinajstić information content (AvgIpc) is 3.13. The van der Waals surface area contributed by atoms with Gasteiger partial charge in [0.05, 0.1) is 16.6 Å². The third kappa shape index (κ3) is 2.99. The molecule has 2 heterocycles. The second kappa shape index (κ2) is 6.20. The predicted octanol–water partition coefficient (Wildman–Crippen LogP) is 2.40. The average molecular weight is 336 g/mol. The fourth-order valence-electron chi connectivity index (χ4n) is 2.46. The van der Waals surface area contributed by atoms with Gasteiger partial charge in [0.25, 0.3) is 0 Å². The normalized spacial score (nSPS) is 12.2. The highest BCUT2D eigenvalue weighted by Gasteiger charge is 2.17. The van der Waals surface area contributed by atoms with Gasteiger partial charge in [0.1, 0.15) is 0 Å². The van der Waals surface area contributed by atoms with Gasteiger partial charge in [0.15, 0.2) is 23.9 Å². The molecule has 0 saturated heterocycles. The SMILES string of the molecule is O=C(COC(=O)c1ccc2nccnc2c1)c1ccc2c(c1)OCO2.